The molecule has 2 N–H and O–H groups in total. The molecule has 1 saturated carbocycles. The molecule has 1 fully saturated rings. The smallest absolute Gasteiger partial charge is 0.0669 e. The Bertz CT molecular complexity index is 173. The average Bonchev–Trinajstić information content (AvgIpc) is 2.10. The summed E-state index contributed by atoms with van der Waals surface area (Å²) in [6.45, 7) is 6.45. The highest BCUT2D eigenvalue weighted by Crippen LogP contribution is 2.40. The van der Waals surface area contributed by atoms with Crippen LogP contribution in [-0.4, -0.2) is 22.4 Å². The molecule has 0 aromatic carbocycles. The Labute approximate surface area is 81.0 Å². The summed E-state index contributed by atoms with van der Waals surface area (Å²) in [5.41, 5.74) is -0.337. The fourth-order valence-electron chi connectivity index (χ4n) is 2.08. The lowest BCUT2D eigenvalue weighted by molar-refractivity contribution is -0.0295. The second kappa shape index (κ2) is 3.58. The van der Waals surface area contributed by atoms with Gasteiger partial charge in [-0.15, -0.1) is 0 Å². The monoisotopic (exact) mass is 186 g/mol. The van der Waals surface area contributed by atoms with Gasteiger partial charge in [0.05, 0.1) is 5.60 Å². The lowest BCUT2D eigenvalue weighted by Crippen LogP contribution is -2.35. The molecule has 2 atom stereocenters. The highest BCUT2D eigenvalue weighted by Gasteiger charge is 2.37. The average molecular weight is 186 g/mol. The number of rotatable bonds is 1. The first-order valence-electron chi connectivity index (χ1n) is 5.21. The maximum absolute atomic E-state index is 10.1. The van der Waals surface area contributed by atoms with Crippen molar-refractivity contribution in [2.75, 3.05) is 6.61 Å². The van der Waals surface area contributed by atoms with Crippen LogP contribution >= 0.6 is 0 Å². The largest absolute Gasteiger partial charge is 0.396 e. The van der Waals surface area contributed by atoms with Crippen molar-refractivity contribution in [3.63, 3.8) is 0 Å². The second-order valence-corrected chi connectivity index (χ2v) is 5.44. The van der Waals surface area contributed by atoms with Gasteiger partial charge in [0.25, 0.3) is 0 Å². The lowest BCUT2D eigenvalue weighted by atomic mass is 9.84. The molecule has 0 aliphatic heterocycles. The van der Waals surface area contributed by atoms with Gasteiger partial charge in [-0.3, -0.25) is 0 Å². The Hall–Kier alpha value is -0.0800. The Kier molecular flexibility index (Phi) is 3.03. The van der Waals surface area contributed by atoms with Crippen LogP contribution in [0.15, 0.2) is 0 Å². The van der Waals surface area contributed by atoms with Crippen LogP contribution in [0, 0.1) is 11.3 Å². The van der Waals surface area contributed by atoms with Crippen molar-refractivity contribution in [2.45, 2.75) is 52.1 Å². The van der Waals surface area contributed by atoms with E-state index in [2.05, 4.69) is 13.8 Å². The van der Waals surface area contributed by atoms with E-state index in [4.69, 9.17) is 5.11 Å². The van der Waals surface area contributed by atoms with E-state index in [0.717, 1.165) is 25.7 Å². The predicted molar refractivity (Wildman–Crippen MR) is 53.4 cm³/mol. The van der Waals surface area contributed by atoms with Crippen LogP contribution in [-0.2, 0) is 0 Å². The van der Waals surface area contributed by atoms with E-state index in [-0.39, 0.29) is 12.5 Å². The van der Waals surface area contributed by atoms with Gasteiger partial charge >= 0.3 is 0 Å². The van der Waals surface area contributed by atoms with Crippen molar-refractivity contribution in [3.05, 3.63) is 0 Å². The minimum Gasteiger partial charge on any atom is -0.396 e. The Morgan fingerprint density at radius 2 is 1.77 bits per heavy atom. The summed E-state index contributed by atoms with van der Waals surface area (Å²) >= 11 is 0. The van der Waals surface area contributed by atoms with Crippen LogP contribution in [0.2, 0.25) is 0 Å². The van der Waals surface area contributed by atoms with Crippen molar-refractivity contribution in [1.29, 1.82) is 0 Å². The van der Waals surface area contributed by atoms with Gasteiger partial charge in [0.15, 0.2) is 0 Å². The summed E-state index contributed by atoms with van der Waals surface area (Å²) in [5, 5.41) is 19.2. The van der Waals surface area contributed by atoms with E-state index < -0.39 is 5.60 Å². The Balaban J connectivity index is 2.69. The van der Waals surface area contributed by atoms with Crippen molar-refractivity contribution < 1.29 is 10.2 Å². The van der Waals surface area contributed by atoms with Gasteiger partial charge in [-0.2, -0.15) is 0 Å². The van der Waals surface area contributed by atoms with Crippen LogP contribution in [0.1, 0.15) is 46.5 Å². The van der Waals surface area contributed by atoms with Crippen LogP contribution in [0.25, 0.3) is 0 Å². The highest BCUT2D eigenvalue weighted by atomic mass is 16.3. The third kappa shape index (κ3) is 2.68. The van der Waals surface area contributed by atoms with Gasteiger partial charge in [0, 0.05) is 12.5 Å². The number of hydrogen-bond donors (Lipinski definition) is 2. The molecule has 1 aliphatic carbocycles. The highest BCUT2D eigenvalue weighted by molar-refractivity contribution is 4.88. The molecule has 1 aliphatic rings. The summed E-state index contributed by atoms with van der Waals surface area (Å²) in [6.07, 6.45) is 3.91. The number of hydrogen-bond acceptors (Lipinski definition) is 2. The van der Waals surface area contributed by atoms with E-state index in [9.17, 15) is 5.11 Å². The van der Waals surface area contributed by atoms with Gasteiger partial charge in [-0.25, -0.2) is 0 Å². The van der Waals surface area contributed by atoms with E-state index in [1.54, 1.807) is 0 Å². The molecule has 0 spiro atoms. The zero-order chi connectivity index (χ0) is 10.1. The molecule has 0 aromatic rings. The van der Waals surface area contributed by atoms with Crippen molar-refractivity contribution in [3.8, 4) is 0 Å². The van der Waals surface area contributed by atoms with E-state index >= 15 is 0 Å². The SMILES string of the molecule is CC1(C)CC[C@@H](CO)[C@](C)(O)CC1. The molecule has 1 rings (SSSR count). The van der Waals surface area contributed by atoms with E-state index in [1.807, 2.05) is 6.92 Å². The standard InChI is InChI=1S/C11H22O2/c1-10(2)5-4-9(8-12)11(3,13)7-6-10/h9,12-13H,4-8H2,1-3H3/t9-,11+/m0/s1. The van der Waals surface area contributed by atoms with Gasteiger partial charge in [-0.1, -0.05) is 13.8 Å². The Morgan fingerprint density at radius 1 is 1.15 bits per heavy atom. The summed E-state index contributed by atoms with van der Waals surface area (Å²) in [5.74, 6) is 0.0641. The third-order valence-electron chi connectivity index (χ3n) is 3.58. The molecule has 0 aromatic heterocycles. The molecule has 0 unspecified atom stereocenters. The zero-order valence-electron chi connectivity index (χ0n) is 9.01. The first-order valence-corrected chi connectivity index (χ1v) is 5.21. The molecule has 0 saturated heterocycles. The van der Waals surface area contributed by atoms with Crippen molar-refractivity contribution >= 4 is 0 Å². The fourth-order valence-corrected chi connectivity index (χ4v) is 2.08. The molecule has 2 nitrogen and oxygen atoms in total. The minimum atomic E-state index is -0.664. The van der Waals surface area contributed by atoms with E-state index in [1.165, 1.54) is 0 Å². The summed E-state index contributed by atoms with van der Waals surface area (Å²) < 4.78 is 0. The van der Waals surface area contributed by atoms with Crippen LogP contribution in [0.4, 0.5) is 0 Å². The van der Waals surface area contributed by atoms with Crippen molar-refractivity contribution in [1.82, 2.24) is 0 Å². The lowest BCUT2D eigenvalue weighted by Gasteiger charge is -2.29. The molecule has 78 valence electrons. The van der Waals surface area contributed by atoms with Gasteiger partial charge in [0.2, 0.25) is 0 Å². The molecule has 0 amide bonds. The minimum absolute atomic E-state index is 0.0641. The summed E-state index contributed by atoms with van der Waals surface area (Å²) in [4.78, 5) is 0. The first kappa shape index (κ1) is 11.0. The topological polar surface area (TPSA) is 40.5 Å². The molecular weight excluding hydrogens is 164 g/mol. The number of aliphatic hydroxyl groups excluding tert-OH is 1. The van der Waals surface area contributed by atoms with E-state index in [0.29, 0.717) is 5.41 Å². The molecule has 0 heterocycles. The van der Waals surface area contributed by atoms with Gasteiger partial charge < -0.3 is 10.2 Å². The quantitative estimate of drug-likeness (QED) is 0.614. The summed E-state index contributed by atoms with van der Waals surface area (Å²) in [7, 11) is 0. The van der Waals surface area contributed by atoms with Crippen molar-refractivity contribution in [2.24, 2.45) is 11.3 Å². The van der Waals surface area contributed by atoms with Gasteiger partial charge in [-0.05, 0) is 38.0 Å². The molecule has 0 bridgehead atoms. The van der Waals surface area contributed by atoms with Crippen LogP contribution in [0.5, 0.6) is 0 Å². The maximum Gasteiger partial charge on any atom is 0.0669 e. The Morgan fingerprint density at radius 3 is 2.31 bits per heavy atom. The second-order valence-electron chi connectivity index (χ2n) is 5.44. The molecule has 2 heteroatoms. The third-order valence-corrected chi connectivity index (χ3v) is 3.58. The maximum atomic E-state index is 10.1. The summed E-state index contributed by atoms with van der Waals surface area (Å²) in [6, 6.07) is 0. The normalized spacial score (nSPS) is 39.9. The van der Waals surface area contributed by atoms with Gasteiger partial charge in [0.1, 0.15) is 0 Å². The molecule has 0 radical (unpaired) electrons. The predicted octanol–water partition coefficient (Wildman–Crippen LogP) is 1.95. The van der Waals surface area contributed by atoms with Crippen LogP contribution < -0.4 is 0 Å². The van der Waals surface area contributed by atoms with Crippen LogP contribution in [0.3, 0.4) is 0 Å². The molecule has 13 heavy (non-hydrogen) atoms. The first-order chi connectivity index (χ1) is 5.87. The number of aliphatic hydroxyl groups is 2. The fraction of sp³-hybridized carbons (Fsp3) is 1.00. The zero-order valence-corrected chi connectivity index (χ0v) is 9.01. The molecular formula is C11H22O2.